The van der Waals surface area contributed by atoms with Gasteiger partial charge in [0.15, 0.2) is 11.5 Å². The van der Waals surface area contributed by atoms with Gasteiger partial charge in [-0.25, -0.2) is 9.50 Å². The van der Waals surface area contributed by atoms with Gasteiger partial charge in [-0.3, -0.25) is 4.79 Å². The zero-order chi connectivity index (χ0) is 17.9. The standard InChI is InChI=1S/C18H20N4O2S/c1-18(2,25)14-8-9-16-19-15(10-22(16)21-14)20-17(23)12-24-11-13-6-4-3-5-7-13/h3-10,25H,11-12H2,1-2H3,(H,20,23). The van der Waals surface area contributed by atoms with Gasteiger partial charge in [0.1, 0.15) is 6.61 Å². The van der Waals surface area contributed by atoms with Gasteiger partial charge < -0.3 is 10.1 Å². The first-order chi connectivity index (χ1) is 11.9. The maximum Gasteiger partial charge on any atom is 0.251 e. The van der Waals surface area contributed by atoms with Crippen molar-refractivity contribution < 1.29 is 9.53 Å². The van der Waals surface area contributed by atoms with Crippen LogP contribution in [0.25, 0.3) is 5.65 Å². The quantitative estimate of drug-likeness (QED) is 0.666. The molecule has 2 aromatic heterocycles. The predicted molar refractivity (Wildman–Crippen MR) is 99.7 cm³/mol. The van der Waals surface area contributed by atoms with Crippen molar-refractivity contribution >= 4 is 30.0 Å². The van der Waals surface area contributed by atoms with Crippen molar-refractivity contribution in [2.75, 3.05) is 11.9 Å². The van der Waals surface area contributed by atoms with Crippen LogP contribution in [0.15, 0.2) is 48.7 Å². The van der Waals surface area contributed by atoms with Crippen molar-refractivity contribution in [3.8, 4) is 0 Å². The normalized spacial score (nSPS) is 11.6. The lowest BCUT2D eigenvalue weighted by molar-refractivity contribution is -0.121. The van der Waals surface area contributed by atoms with Crippen molar-refractivity contribution in [2.45, 2.75) is 25.2 Å². The minimum absolute atomic E-state index is 0.0366. The molecule has 0 aliphatic carbocycles. The molecule has 25 heavy (non-hydrogen) atoms. The second-order valence-electron chi connectivity index (χ2n) is 6.23. The van der Waals surface area contributed by atoms with Gasteiger partial charge in [0.2, 0.25) is 0 Å². The number of thiol groups is 1. The molecule has 0 aliphatic heterocycles. The van der Waals surface area contributed by atoms with Gasteiger partial charge in [-0.2, -0.15) is 17.7 Å². The molecule has 1 N–H and O–H groups in total. The number of imidazole rings is 1. The number of carbonyl (C=O) groups excluding carboxylic acids is 1. The lowest BCUT2D eigenvalue weighted by Crippen LogP contribution is -2.18. The maximum absolute atomic E-state index is 12.0. The summed E-state index contributed by atoms with van der Waals surface area (Å²) in [5.41, 5.74) is 2.50. The molecule has 0 saturated heterocycles. The molecule has 3 aromatic rings. The van der Waals surface area contributed by atoms with Crippen LogP contribution < -0.4 is 5.32 Å². The van der Waals surface area contributed by atoms with E-state index in [1.165, 1.54) is 0 Å². The first-order valence-electron chi connectivity index (χ1n) is 7.92. The molecule has 130 valence electrons. The molecular formula is C18H20N4O2S. The number of amides is 1. The highest BCUT2D eigenvalue weighted by molar-refractivity contribution is 7.81. The van der Waals surface area contributed by atoms with Gasteiger partial charge in [0.25, 0.3) is 5.91 Å². The van der Waals surface area contributed by atoms with Crippen LogP contribution in [0.4, 0.5) is 5.82 Å². The van der Waals surface area contributed by atoms with E-state index in [2.05, 4.69) is 28.0 Å². The number of hydrogen-bond donors (Lipinski definition) is 2. The lowest BCUT2D eigenvalue weighted by atomic mass is 10.1. The van der Waals surface area contributed by atoms with Gasteiger partial charge >= 0.3 is 0 Å². The number of anilines is 1. The molecule has 2 heterocycles. The third-order valence-corrected chi connectivity index (χ3v) is 3.79. The highest BCUT2D eigenvalue weighted by atomic mass is 32.1. The van der Waals surface area contributed by atoms with Crippen molar-refractivity contribution in [3.05, 3.63) is 59.9 Å². The van der Waals surface area contributed by atoms with Gasteiger partial charge in [-0.1, -0.05) is 30.3 Å². The molecule has 0 aliphatic rings. The van der Waals surface area contributed by atoms with Crippen LogP contribution in [-0.2, 0) is 20.9 Å². The highest BCUT2D eigenvalue weighted by Crippen LogP contribution is 2.25. The smallest absolute Gasteiger partial charge is 0.251 e. The molecule has 1 aromatic carbocycles. The molecule has 0 atom stereocenters. The van der Waals surface area contributed by atoms with E-state index in [0.717, 1.165) is 11.3 Å². The van der Waals surface area contributed by atoms with Gasteiger partial charge in [-0.05, 0) is 31.5 Å². The Hall–Kier alpha value is -2.38. The second-order valence-corrected chi connectivity index (χ2v) is 7.35. The number of fused-ring (bicyclic) bond motifs is 1. The fourth-order valence-corrected chi connectivity index (χ4v) is 2.40. The fourth-order valence-electron chi connectivity index (χ4n) is 2.28. The van der Waals surface area contributed by atoms with E-state index in [1.54, 1.807) is 10.7 Å². The number of aromatic nitrogens is 3. The lowest BCUT2D eigenvalue weighted by Gasteiger charge is -2.15. The summed E-state index contributed by atoms with van der Waals surface area (Å²) in [4.78, 5) is 16.3. The molecule has 0 saturated carbocycles. The Morgan fingerprint density at radius 1 is 1.24 bits per heavy atom. The Bertz CT molecular complexity index is 872. The molecule has 7 heteroatoms. The summed E-state index contributed by atoms with van der Waals surface area (Å²) in [7, 11) is 0. The Labute approximate surface area is 151 Å². The van der Waals surface area contributed by atoms with E-state index in [-0.39, 0.29) is 17.3 Å². The van der Waals surface area contributed by atoms with Crippen LogP contribution in [0.3, 0.4) is 0 Å². The number of nitrogens with zero attached hydrogens (tertiary/aromatic N) is 3. The van der Waals surface area contributed by atoms with Gasteiger partial charge in [-0.15, -0.1) is 0 Å². The monoisotopic (exact) mass is 356 g/mol. The van der Waals surface area contributed by atoms with Gasteiger partial charge in [0.05, 0.1) is 23.2 Å². The van der Waals surface area contributed by atoms with Crippen molar-refractivity contribution in [1.82, 2.24) is 14.6 Å². The molecule has 6 nitrogen and oxygen atoms in total. The minimum Gasteiger partial charge on any atom is -0.367 e. The van der Waals surface area contributed by atoms with Crippen LogP contribution in [-0.4, -0.2) is 27.1 Å². The molecule has 0 fully saturated rings. The zero-order valence-electron chi connectivity index (χ0n) is 14.1. The summed E-state index contributed by atoms with van der Waals surface area (Å²) < 4.78 is 6.70. The number of ether oxygens (including phenoxy) is 1. The highest BCUT2D eigenvalue weighted by Gasteiger charge is 2.17. The van der Waals surface area contributed by atoms with E-state index in [1.807, 2.05) is 56.3 Å². The third kappa shape index (κ3) is 4.58. The Balaban J connectivity index is 1.59. The largest absolute Gasteiger partial charge is 0.367 e. The van der Waals surface area contributed by atoms with Crippen LogP contribution in [0, 0.1) is 0 Å². The Morgan fingerprint density at radius 3 is 2.72 bits per heavy atom. The molecule has 0 unspecified atom stereocenters. The van der Waals surface area contributed by atoms with E-state index in [4.69, 9.17) is 4.74 Å². The maximum atomic E-state index is 12.0. The van der Waals surface area contributed by atoms with E-state index in [9.17, 15) is 4.79 Å². The molecule has 0 bridgehead atoms. The summed E-state index contributed by atoms with van der Waals surface area (Å²) in [6.07, 6.45) is 1.67. The van der Waals surface area contributed by atoms with Crippen LogP contribution in [0.2, 0.25) is 0 Å². The average Bonchev–Trinajstić information content (AvgIpc) is 2.96. The molecular weight excluding hydrogens is 336 g/mol. The Morgan fingerprint density at radius 2 is 2.00 bits per heavy atom. The summed E-state index contributed by atoms with van der Waals surface area (Å²) in [5, 5.41) is 7.19. The van der Waals surface area contributed by atoms with Gasteiger partial charge in [0, 0.05) is 0 Å². The average molecular weight is 356 g/mol. The first-order valence-corrected chi connectivity index (χ1v) is 8.37. The number of rotatable bonds is 6. The van der Waals surface area contributed by atoms with Crippen molar-refractivity contribution in [1.29, 1.82) is 0 Å². The molecule has 3 rings (SSSR count). The summed E-state index contributed by atoms with van der Waals surface area (Å²) >= 11 is 4.52. The van der Waals surface area contributed by atoms with Crippen LogP contribution in [0.1, 0.15) is 25.1 Å². The fraction of sp³-hybridized carbons (Fsp3) is 0.278. The van der Waals surface area contributed by atoms with E-state index in [0.29, 0.717) is 18.1 Å². The number of benzene rings is 1. The summed E-state index contributed by atoms with van der Waals surface area (Å²) in [5.74, 6) is 0.184. The SMILES string of the molecule is CC(C)(S)c1ccc2nc(NC(=O)COCc3ccccc3)cn2n1. The number of hydrogen-bond acceptors (Lipinski definition) is 5. The van der Waals surface area contributed by atoms with E-state index < -0.39 is 0 Å². The summed E-state index contributed by atoms with van der Waals surface area (Å²) in [6, 6.07) is 13.4. The molecule has 1 amide bonds. The predicted octanol–water partition coefficient (Wildman–Crippen LogP) is 3.05. The third-order valence-electron chi connectivity index (χ3n) is 3.56. The van der Waals surface area contributed by atoms with Crippen molar-refractivity contribution in [3.63, 3.8) is 0 Å². The van der Waals surface area contributed by atoms with Crippen LogP contribution in [0.5, 0.6) is 0 Å². The topological polar surface area (TPSA) is 68.5 Å². The van der Waals surface area contributed by atoms with E-state index >= 15 is 0 Å². The minimum atomic E-state index is -0.354. The number of nitrogens with one attached hydrogen (secondary N) is 1. The number of carbonyl (C=O) groups is 1. The Kier molecular flexibility index (Phi) is 5.06. The van der Waals surface area contributed by atoms with Crippen LogP contribution >= 0.6 is 12.6 Å². The van der Waals surface area contributed by atoms with Crippen molar-refractivity contribution in [2.24, 2.45) is 0 Å². The summed E-state index contributed by atoms with van der Waals surface area (Å²) in [6.45, 7) is 4.29. The first kappa shape index (κ1) is 17.4. The zero-order valence-corrected chi connectivity index (χ0v) is 15.0. The molecule has 0 radical (unpaired) electrons. The second kappa shape index (κ2) is 7.25. The molecule has 0 spiro atoms.